The van der Waals surface area contributed by atoms with E-state index < -0.39 is 9.84 Å². The number of aryl methyl sites for hydroxylation is 1. The van der Waals surface area contributed by atoms with E-state index in [1.54, 1.807) is 33.6 Å². The average Bonchev–Trinajstić information content (AvgIpc) is 3.27. The lowest BCUT2D eigenvalue weighted by Crippen LogP contribution is -1.99. The lowest BCUT2D eigenvalue weighted by Gasteiger charge is -2.06. The first-order chi connectivity index (χ1) is 12.9. The third-order valence-electron chi connectivity index (χ3n) is 4.13. The van der Waals surface area contributed by atoms with Crippen molar-refractivity contribution in [1.82, 2.24) is 24.4 Å². The maximum absolute atomic E-state index is 11.9. The highest BCUT2D eigenvalue weighted by Gasteiger charge is 2.12. The third-order valence-corrected chi connectivity index (χ3v) is 5.24. The molecule has 0 spiro atoms. The van der Waals surface area contributed by atoms with Gasteiger partial charge in [-0.15, -0.1) is 5.10 Å². The minimum Gasteiger partial charge on any atom is -0.320 e. The molecule has 0 saturated carbocycles. The van der Waals surface area contributed by atoms with Gasteiger partial charge in [-0.25, -0.2) is 12.9 Å². The molecule has 0 amide bonds. The van der Waals surface area contributed by atoms with Gasteiger partial charge in [-0.3, -0.25) is 4.68 Å². The number of nitrogens with zero attached hydrogens (tertiary/aromatic N) is 5. The summed E-state index contributed by atoms with van der Waals surface area (Å²) in [7, 11) is -3.29. The molecule has 3 aromatic heterocycles. The van der Waals surface area contributed by atoms with Crippen LogP contribution in [0.1, 0.15) is 6.92 Å². The van der Waals surface area contributed by atoms with Crippen molar-refractivity contribution in [3.63, 3.8) is 0 Å². The number of aromatic nitrogens is 5. The Kier molecular flexibility index (Phi) is 4.15. The van der Waals surface area contributed by atoms with Crippen molar-refractivity contribution in [1.29, 1.82) is 0 Å². The van der Waals surface area contributed by atoms with Gasteiger partial charge in [0.25, 0.3) is 0 Å². The summed E-state index contributed by atoms with van der Waals surface area (Å²) in [4.78, 5) is 4.75. The first-order valence-electron chi connectivity index (χ1n) is 8.40. The standard InChI is InChI=1S/C18H18N6O2S/c1-3-23-12-14(11-19-23)20-18-21-17-9-5-8-16(24(17)22-18)13-6-4-7-15(10-13)27(2,25)26/h4-12H,3H2,1-2H3,(H,20,22). The third kappa shape index (κ3) is 3.41. The smallest absolute Gasteiger partial charge is 0.247 e. The average molecular weight is 382 g/mol. The molecule has 1 aromatic carbocycles. The van der Waals surface area contributed by atoms with Gasteiger partial charge in [0.15, 0.2) is 15.5 Å². The zero-order valence-corrected chi connectivity index (χ0v) is 15.7. The lowest BCUT2D eigenvalue weighted by atomic mass is 10.1. The van der Waals surface area contributed by atoms with Crippen LogP contribution in [0.25, 0.3) is 16.9 Å². The number of nitrogens with one attached hydrogen (secondary N) is 1. The molecule has 8 nitrogen and oxygen atoms in total. The van der Waals surface area contributed by atoms with Crippen molar-refractivity contribution >= 4 is 27.1 Å². The van der Waals surface area contributed by atoms with Crippen molar-refractivity contribution in [3.8, 4) is 11.3 Å². The maximum Gasteiger partial charge on any atom is 0.247 e. The molecular weight excluding hydrogens is 364 g/mol. The van der Waals surface area contributed by atoms with Gasteiger partial charge in [0, 0.05) is 24.6 Å². The topological polar surface area (TPSA) is 94.2 Å². The van der Waals surface area contributed by atoms with Crippen LogP contribution in [0.3, 0.4) is 0 Å². The van der Waals surface area contributed by atoms with E-state index >= 15 is 0 Å². The Bertz CT molecular complexity index is 1230. The number of sulfone groups is 1. The Morgan fingerprint density at radius 3 is 2.70 bits per heavy atom. The summed E-state index contributed by atoms with van der Waals surface area (Å²) in [5.74, 6) is 0.442. The molecule has 3 heterocycles. The molecular formula is C18H18N6O2S. The number of rotatable bonds is 5. The van der Waals surface area contributed by atoms with E-state index in [9.17, 15) is 8.42 Å². The first kappa shape index (κ1) is 17.2. The highest BCUT2D eigenvalue weighted by molar-refractivity contribution is 7.90. The molecule has 0 aliphatic rings. The van der Waals surface area contributed by atoms with E-state index in [-0.39, 0.29) is 4.90 Å². The van der Waals surface area contributed by atoms with Crippen molar-refractivity contribution in [2.75, 3.05) is 11.6 Å². The van der Waals surface area contributed by atoms with E-state index in [1.807, 2.05) is 37.4 Å². The van der Waals surface area contributed by atoms with Gasteiger partial charge < -0.3 is 5.32 Å². The van der Waals surface area contributed by atoms with Crippen LogP contribution in [-0.4, -0.2) is 39.1 Å². The lowest BCUT2D eigenvalue weighted by molar-refractivity contribution is 0.602. The van der Waals surface area contributed by atoms with Gasteiger partial charge in [0.1, 0.15) is 0 Å². The zero-order valence-electron chi connectivity index (χ0n) is 14.9. The van der Waals surface area contributed by atoms with E-state index in [1.165, 1.54) is 6.26 Å². The van der Waals surface area contributed by atoms with Crippen molar-refractivity contribution < 1.29 is 8.42 Å². The number of hydrogen-bond donors (Lipinski definition) is 1. The second-order valence-corrected chi connectivity index (χ2v) is 8.14. The van der Waals surface area contributed by atoms with E-state index in [2.05, 4.69) is 20.5 Å². The molecule has 0 unspecified atom stereocenters. The minimum atomic E-state index is -3.29. The van der Waals surface area contributed by atoms with Crippen LogP contribution < -0.4 is 5.32 Å². The SMILES string of the molecule is CCn1cc(Nc2nc3cccc(-c4cccc(S(C)(=O)=O)c4)n3n2)cn1. The van der Waals surface area contributed by atoms with Crippen molar-refractivity contribution in [3.05, 3.63) is 54.9 Å². The predicted octanol–water partition coefficient (Wildman–Crippen LogP) is 2.76. The molecule has 138 valence electrons. The van der Waals surface area contributed by atoms with E-state index in [0.29, 0.717) is 11.6 Å². The zero-order chi connectivity index (χ0) is 19.0. The van der Waals surface area contributed by atoms with Gasteiger partial charge in [0.2, 0.25) is 5.95 Å². The maximum atomic E-state index is 11.9. The van der Waals surface area contributed by atoms with Crippen LogP contribution in [0.5, 0.6) is 0 Å². The summed E-state index contributed by atoms with van der Waals surface area (Å²) < 4.78 is 27.2. The van der Waals surface area contributed by atoms with Crippen LogP contribution in [0, 0.1) is 0 Å². The Labute approximate surface area is 156 Å². The number of hydrogen-bond acceptors (Lipinski definition) is 6. The summed E-state index contributed by atoms with van der Waals surface area (Å²) in [5.41, 5.74) is 2.96. The molecule has 0 atom stereocenters. The molecule has 9 heteroatoms. The summed E-state index contributed by atoms with van der Waals surface area (Å²) in [6.45, 7) is 2.79. The quantitative estimate of drug-likeness (QED) is 0.570. The largest absolute Gasteiger partial charge is 0.320 e. The Balaban J connectivity index is 1.75. The molecule has 0 saturated heterocycles. The molecule has 4 aromatic rings. The fraction of sp³-hybridized carbons (Fsp3) is 0.167. The molecule has 4 rings (SSSR count). The summed E-state index contributed by atoms with van der Waals surface area (Å²) in [5, 5.41) is 11.9. The van der Waals surface area contributed by atoms with Crippen molar-refractivity contribution in [2.24, 2.45) is 0 Å². The van der Waals surface area contributed by atoms with Crippen LogP contribution >= 0.6 is 0 Å². The highest BCUT2D eigenvalue weighted by atomic mass is 32.2. The predicted molar refractivity (Wildman–Crippen MR) is 103 cm³/mol. The Morgan fingerprint density at radius 2 is 1.96 bits per heavy atom. The van der Waals surface area contributed by atoms with Gasteiger partial charge >= 0.3 is 0 Å². The molecule has 0 aliphatic carbocycles. The molecule has 1 N–H and O–H groups in total. The fourth-order valence-corrected chi connectivity index (χ4v) is 3.46. The first-order valence-corrected chi connectivity index (χ1v) is 10.3. The molecule has 0 fully saturated rings. The van der Waals surface area contributed by atoms with Crippen molar-refractivity contribution in [2.45, 2.75) is 18.4 Å². The van der Waals surface area contributed by atoms with Gasteiger partial charge in [-0.05, 0) is 31.2 Å². The number of anilines is 2. The summed E-state index contributed by atoms with van der Waals surface area (Å²) in [6, 6.07) is 12.4. The summed E-state index contributed by atoms with van der Waals surface area (Å²) in [6.07, 6.45) is 4.79. The normalized spacial score (nSPS) is 11.8. The monoisotopic (exact) mass is 382 g/mol. The second kappa shape index (κ2) is 6.51. The molecule has 0 aliphatic heterocycles. The number of fused-ring (bicyclic) bond motifs is 1. The van der Waals surface area contributed by atoms with Crippen LogP contribution in [0.4, 0.5) is 11.6 Å². The van der Waals surface area contributed by atoms with Crippen LogP contribution in [0.15, 0.2) is 59.8 Å². The fourth-order valence-electron chi connectivity index (χ4n) is 2.79. The van der Waals surface area contributed by atoms with E-state index in [4.69, 9.17) is 0 Å². The molecule has 27 heavy (non-hydrogen) atoms. The molecule has 0 bridgehead atoms. The summed E-state index contributed by atoms with van der Waals surface area (Å²) >= 11 is 0. The Morgan fingerprint density at radius 1 is 1.15 bits per heavy atom. The minimum absolute atomic E-state index is 0.266. The highest BCUT2D eigenvalue weighted by Crippen LogP contribution is 2.24. The van der Waals surface area contributed by atoms with Crippen LogP contribution in [0.2, 0.25) is 0 Å². The van der Waals surface area contributed by atoms with E-state index in [0.717, 1.165) is 23.5 Å². The van der Waals surface area contributed by atoms with Gasteiger partial charge in [-0.1, -0.05) is 18.2 Å². The number of pyridine rings is 1. The van der Waals surface area contributed by atoms with Gasteiger partial charge in [0.05, 0.1) is 22.5 Å². The second-order valence-electron chi connectivity index (χ2n) is 6.13. The van der Waals surface area contributed by atoms with Crippen LogP contribution in [-0.2, 0) is 16.4 Å². The molecule has 0 radical (unpaired) electrons. The Hall–Kier alpha value is -3.20. The number of benzene rings is 1. The van der Waals surface area contributed by atoms with Gasteiger partial charge in [-0.2, -0.15) is 10.1 Å².